The van der Waals surface area contributed by atoms with Crippen LogP contribution in [0.25, 0.3) is 0 Å². The lowest BCUT2D eigenvalue weighted by atomic mass is 10.1. The average Bonchev–Trinajstić information content (AvgIpc) is 2.55. The molecule has 1 fully saturated rings. The van der Waals surface area contributed by atoms with Crippen molar-refractivity contribution in [3.8, 4) is 5.75 Å². The molecule has 1 aliphatic heterocycles. The average molecular weight is 292 g/mol. The predicted octanol–water partition coefficient (Wildman–Crippen LogP) is 1.63. The van der Waals surface area contributed by atoms with E-state index < -0.39 is 0 Å². The Morgan fingerprint density at radius 1 is 1.14 bits per heavy atom. The Bertz CT molecular complexity index is 396. The van der Waals surface area contributed by atoms with Gasteiger partial charge in [0.15, 0.2) is 0 Å². The third kappa shape index (κ3) is 4.70. The minimum Gasteiger partial charge on any atom is -0.497 e. The van der Waals surface area contributed by atoms with E-state index in [1.54, 1.807) is 7.11 Å². The highest BCUT2D eigenvalue weighted by molar-refractivity contribution is 5.27. The van der Waals surface area contributed by atoms with Crippen molar-refractivity contribution in [1.82, 2.24) is 9.80 Å². The van der Waals surface area contributed by atoms with Crippen LogP contribution in [0.2, 0.25) is 0 Å². The molecule has 1 aliphatic rings. The second-order valence-corrected chi connectivity index (χ2v) is 5.72. The van der Waals surface area contributed by atoms with E-state index in [2.05, 4.69) is 28.9 Å². The molecular formula is C17H28N2O2. The van der Waals surface area contributed by atoms with Crippen molar-refractivity contribution in [2.45, 2.75) is 25.8 Å². The number of benzene rings is 1. The van der Waals surface area contributed by atoms with Gasteiger partial charge in [-0.05, 0) is 30.5 Å². The lowest BCUT2D eigenvalue weighted by Crippen LogP contribution is -2.51. The smallest absolute Gasteiger partial charge is 0.118 e. The first-order valence-electron chi connectivity index (χ1n) is 7.97. The van der Waals surface area contributed by atoms with E-state index in [0.29, 0.717) is 6.04 Å². The first kappa shape index (κ1) is 16.3. The third-order valence-electron chi connectivity index (χ3n) is 4.48. The highest BCUT2D eigenvalue weighted by Gasteiger charge is 2.21. The van der Waals surface area contributed by atoms with Gasteiger partial charge in [0.25, 0.3) is 0 Å². The van der Waals surface area contributed by atoms with Crippen LogP contribution in [0.15, 0.2) is 24.3 Å². The zero-order valence-electron chi connectivity index (χ0n) is 13.3. The number of hydrogen-bond donors (Lipinski definition) is 1. The minimum atomic E-state index is 0.280. The molecule has 0 amide bonds. The Labute approximate surface area is 128 Å². The van der Waals surface area contributed by atoms with Crippen LogP contribution < -0.4 is 4.74 Å². The molecule has 4 nitrogen and oxygen atoms in total. The number of nitrogens with zero attached hydrogens (tertiary/aromatic N) is 2. The molecule has 0 saturated carbocycles. The SMILES string of the molecule is CCC(CO)N1CCN(CCc2ccc(OC)cc2)CC1. The number of aliphatic hydroxyl groups is 1. The summed E-state index contributed by atoms with van der Waals surface area (Å²) in [6.45, 7) is 7.89. The van der Waals surface area contributed by atoms with Crippen LogP contribution in [0.4, 0.5) is 0 Å². The minimum absolute atomic E-state index is 0.280. The van der Waals surface area contributed by atoms with Gasteiger partial charge in [-0.25, -0.2) is 0 Å². The Kier molecular flexibility index (Phi) is 6.49. The fraction of sp³-hybridized carbons (Fsp3) is 0.647. The lowest BCUT2D eigenvalue weighted by Gasteiger charge is -2.38. The number of piperazine rings is 1. The molecule has 1 heterocycles. The maximum absolute atomic E-state index is 9.37. The molecule has 1 unspecified atom stereocenters. The first-order valence-corrected chi connectivity index (χ1v) is 7.97. The molecule has 1 atom stereocenters. The summed E-state index contributed by atoms with van der Waals surface area (Å²) < 4.78 is 5.18. The van der Waals surface area contributed by atoms with Gasteiger partial charge in [-0.3, -0.25) is 4.90 Å². The molecule has 0 aliphatic carbocycles. The molecular weight excluding hydrogens is 264 g/mol. The molecule has 1 saturated heterocycles. The van der Waals surface area contributed by atoms with Crippen LogP contribution in [-0.2, 0) is 6.42 Å². The summed E-state index contributed by atoms with van der Waals surface area (Å²) in [4.78, 5) is 4.94. The normalized spacial score (nSPS) is 18.6. The summed E-state index contributed by atoms with van der Waals surface area (Å²) >= 11 is 0. The molecule has 21 heavy (non-hydrogen) atoms. The summed E-state index contributed by atoms with van der Waals surface area (Å²) in [6, 6.07) is 8.69. The Morgan fingerprint density at radius 2 is 1.81 bits per heavy atom. The van der Waals surface area contributed by atoms with E-state index in [-0.39, 0.29) is 6.61 Å². The van der Waals surface area contributed by atoms with Gasteiger partial charge >= 0.3 is 0 Å². The zero-order valence-corrected chi connectivity index (χ0v) is 13.3. The second kappa shape index (κ2) is 8.37. The van der Waals surface area contributed by atoms with Crippen molar-refractivity contribution in [1.29, 1.82) is 0 Å². The number of aliphatic hydroxyl groups excluding tert-OH is 1. The standard InChI is InChI=1S/C17H28N2O2/c1-3-16(14-20)19-12-10-18(11-13-19)9-8-15-4-6-17(21-2)7-5-15/h4-7,16,20H,3,8-14H2,1-2H3. The van der Waals surface area contributed by atoms with E-state index in [1.165, 1.54) is 5.56 Å². The highest BCUT2D eigenvalue weighted by Crippen LogP contribution is 2.13. The van der Waals surface area contributed by atoms with Crippen LogP contribution >= 0.6 is 0 Å². The fourth-order valence-corrected chi connectivity index (χ4v) is 2.93. The summed E-state index contributed by atoms with van der Waals surface area (Å²) in [6.07, 6.45) is 2.11. The van der Waals surface area contributed by atoms with Gasteiger partial charge in [-0.15, -0.1) is 0 Å². The Morgan fingerprint density at radius 3 is 2.33 bits per heavy atom. The van der Waals surface area contributed by atoms with Crippen LogP contribution in [0.1, 0.15) is 18.9 Å². The maximum atomic E-state index is 9.37. The van der Waals surface area contributed by atoms with E-state index in [9.17, 15) is 5.11 Å². The summed E-state index contributed by atoms with van der Waals surface area (Å²) in [5.41, 5.74) is 1.36. The molecule has 1 aromatic rings. The monoisotopic (exact) mass is 292 g/mol. The van der Waals surface area contributed by atoms with Crippen LogP contribution in [0.5, 0.6) is 5.75 Å². The van der Waals surface area contributed by atoms with Crippen molar-refractivity contribution >= 4 is 0 Å². The first-order chi connectivity index (χ1) is 10.3. The highest BCUT2D eigenvalue weighted by atomic mass is 16.5. The van der Waals surface area contributed by atoms with Gasteiger partial charge in [0, 0.05) is 38.8 Å². The molecule has 0 aromatic heterocycles. The molecule has 2 rings (SSSR count). The number of hydrogen-bond acceptors (Lipinski definition) is 4. The van der Waals surface area contributed by atoms with Gasteiger partial charge in [-0.2, -0.15) is 0 Å². The molecule has 0 radical (unpaired) electrons. The van der Waals surface area contributed by atoms with E-state index in [1.807, 2.05) is 12.1 Å². The topological polar surface area (TPSA) is 35.9 Å². The van der Waals surface area contributed by atoms with Gasteiger partial charge in [0.2, 0.25) is 0 Å². The van der Waals surface area contributed by atoms with Crippen molar-refractivity contribution < 1.29 is 9.84 Å². The van der Waals surface area contributed by atoms with Crippen LogP contribution in [-0.4, -0.2) is 67.4 Å². The maximum Gasteiger partial charge on any atom is 0.118 e. The molecule has 1 aromatic carbocycles. The number of ether oxygens (including phenoxy) is 1. The molecule has 118 valence electrons. The van der Waals surface area contributed by atoms with E-state index in [0.717, 1.165) is 51.3 Å². The van der Waals surface area contributed by atoms with Crippen molar-refractivity contribution in [3.05, 3.63) is 29.8 Å². The molecule has 4 heteroatoms. The third-order valence-corrected chi connectivity index (χ3v) is 4.48. The van der Waals surface area contributed by atoms with Crippen molar-refractivity contribution in [2.75, 3.05) is 46.4 Å². The van der Waals surface area contributed by atoms with E-state index in [4.69, 9.17) is 4.74 Å². The van der Waals surface area contributed by atoms with Crippen LogP contribution in [0, 0.1) is 0 Å². The lowest BCUT2D eigenvalue weighted by molar-refractivity contribution is 0.0641. The van der Waals surface area contributed by atoms with Crippen LogP contribution in [0.3, 0.4) is 0 Å². The summed E-state index contributed by atoms with van der Waals surface area (Å²) in [5, 5.41) is 9.37. The fourth-order valence-electron chi connectivity index (χ4n) is 2.93. The largest absolute Gasteiger partial charge is 0.497 e. The number of rotatable bonds is 7. The summed E-state index contributed by atoms with van der Waals surface area (Å²) in [5.74, 6) is 0.918. The zero-order chi connectivity index (χ0) is 15.1. The molecule has 0 spiro atoms. The van der Waals surface area contributed by atoms with Gasteiger partial charge in [-0.1, -0.05) is 19.1 Å². The van der Waals surface area contributed by atoms with Crippen molar-refractivity contribution in [3.63, 3.8) is 0 Å². The van der Waals surface area contributed by atoms with Gasteiger partial charge < -0.3 is 14.7 Å². The van der Waals surface area contributed by atoms with Gasteiger partial charge in [0.05, 0.1) is 13.7 Å². The van der Waals surface area contributed by atoms with Gasteiger partial charge in [0.1, 0.15) is 5.75 Å². The van der Waals surface area contributed by atoms with Crippen molar-refractivity contribution in [2.24, 2.45) is 0 Å². The second-order valence-electron chi connectivity index (χ2n) is 5.72. The van der Waals surface area contributed by atoms with E-state index >= 15 is 0 Å². The molecule has 0 bridgehead atoms. The summed E-state index contributed by atoms with van der Waals surface area (Å²) in [7, 11) is 1.70. The number of methoxy groups -OCH3 is 1. The quantitative estimate of drug-likeness (QED) is 0.828. The Hall–Kier alpha value is -1.10. The Balaban J connectivity index is 1.73. The predicted molar refractivity (Wildman–Crippen MR) is 85.9 cm³/mol. The molecule has 1 N–H and O–H groups in total.